The number of benzene rings is 2. The fourth-order valence-electron chi connectivity index (χ4n) is 3.09. The highest BCUT2D eigenvalue weighted by Gasteiger charge is 2.14. The zero-order chi connectivity index (χ0) is 23.8. The number of amides is 2. The molecule has 0 bridgehead atoms. The van der Waals surface area contributed by atoms with Crippen molar-refractivity contribution in [2.45, 2.75) is 27.3 Å². The van der Waals surface area contributed by atoms with Crippen LogP contribution in [0, 0.1) is 13.8 Å². The third-order valence-corrected chi connectivity index (χ3v) is 4.79. The highest BCUT2D eigenvalue weighted by atomic mass is 16.5. The van der Waals surface area contributed by atoms with Crippen molar-refractivity contribution in [3.8, 4) is 5.75 Å². The van der Waals surface area contributed by atoms with Crippen LogP contribution in [0.3, 0.4) is 0 Å². The molecule has 0 radical (unpaired) electrons. The predicted molar refractivity (Wildman–Crippen MR) is 130 cm³/mol. The molecule has 2 aromatic carbocycles. The number of carbonyl (C=O) groups is 2. The Kier molecular flexibility index (Phi) is 7.75. The Labute approximate surface area is 193 Å². The molecule has 0 aliphatic heterocycles. The Bertz CT molecular complexity index is 1180. The molecule has 0 saturated heterocycles. The number of pyridine rings is 1. The summed E-state index contributed by atoms with van der Waals surface area (Å²) >= 11 is 0. The number of nitrogens with one attached hydrogen (secondary N) is 3. The lowest BCUT2D eigenvalue weighted by Gasteiger charge is -2.16. The number of aromatic nitrogens is 1. The van der Waals surface area contributed by atoms with Gasteiger partial charge in [0.1, 0.15) is 5.75 Å². The van der Waals surface area contributed by atoms with E-state index in [4.69, 9.17) is 4.74 Å². The van der Waals surface area contributed by atoms with Gasteiger partial charge in [0, 0.05) is 30.6 Å². The van der Waals surface area contributed by atoms with E-state index in [0.717, 1.165) is 16.7 Å². The molecule has 33 heavy (non-hydrogen) atoms. The molecule has 8 nitrogen and oxygen atoms in total. The first kappa shape index (κ1) is 23.5. The van der Waals surface area contributed by atoms with E-state index in [0.29, 0.717) is 29.2 Å². The van der Waals surface area contributed by atoms with Crippen LogP contribution in [0.2, 0.25) is 0 Å². The average Bonchev–Trinajstić information content (AvgIpc) is 2.79. The summed E-state index contributed by atoms with van der Waals surface area (Å²) in [5.41, 5.74) is 4.41. The normalized spacial score (nSPS) is 11.0. The summed E-state index contributed by atoms with van der Waals surface area (Å²) in [5.74, 6) is 0.301. The number of hydrogen-bond acceptors (Lipinski definition) is 5. The topological polar surface area (TPSA) is 105 Å². The zero-order valence-electron chi connectivity index (χ0n) is 19.1. The van der Waals surface area contributed by atoms with Crippen LogP contribution in [0.25, 0.3) is 0 Å². The fourth-order valence-corrected chi connectivity index (χ4v) is 3.09. The summed E-state index contributed by atoms with van der Waals surface area (Å²) in [7, 11) is 1.58. The molecular formula is C25H27N5O3. The van der Waals surface area contributed by atoms with Crippen LogP contribution in [0.4, 0.5) is 11.4 Å². The molecule has 0 atom stereocenters. The summed E-state index contributed by atoms with van der Waals surface area (Å²) in [6, 6.07) is 14.5. The van der Waals surface area contributed by atoms with Crippen LogP contribution in [-0.4, -0.2) is 29.9 Å². The van der Waals surface area contributed by atoms with Gasteiger partial charge in [-0.05, 0) is 60.9 Å². The van der Waals surface area contributed by atoms with Crippen molar-refractivity contribution >= 4 is 29.1 Å². The van der Waals surface area contributed by atoms with Gasteiger partial charge in [0.15, 0.2) is 0 Å². The van der Waals surface area contributed by atoms with Crippen molar-refractivity contribution < 1.29 is 14.3 Å². The molecule has 8 heteroatoms. The Morgan fingerprint density at radius 3 is 2.55 bits per heavy atom. The minimum atomic E-state index is -0.370. The molecule has 0 unspecified atom stereocenters. The number of anilines is 2. The Hall–Kier alpha value is -4.20. The third kappa shape index (κ3) is 6.64. The number of nitrogens with zero attached hydrogens (tertiary/aromatic N) is 2. The molecule has 0 spiro atoms. The van der Waals surface area contributed by atoms with Gasteiger partial charge >= 0.3 is 0 Å². The molecule has 3 N–H and O–H groups in total. The van der Waals surface area contributed by atoms with E-state index in [1.165, 1.54) is 6.92 Å². The second kappa shape index (κ2) is 10.9. The van der Waals surface area contributed by atoms with Gasteiger partial charge in [-0.3, -0.25) is 19.9 Å². The van der Waals surface area contributed by atoms with Crippen LogP contribution in [0.15, 0.2) is 65.9 Å². The second-order valence-electron chi connectivity index (χ2n) is 7.52. The molecule has 1 aromatic heterocycles. The fraction of sp³-hybridized carbons (Fsp3) is 0.200. The lowest BCUT2D eigenvalue weighted by atomic mass is 10.1. The number of ether oxygens (including phenoxy) is 1. The van der Waals surface area contributed by atoms with E-state index in [1.807, 2.05) is 44.2 Å². The first-order valence-corrected chi connectivity index (χ1v) is 10.4. The minimum absolute atomic E-state index is 0.206. The van der Waals surface area contributed by atoms with Crippen molar-refractivity contribution in [2.24, 2.45) is 4.99 Å². The predicted octanol–water partition coefficient (Wildman–Crippen LogP) is 4.06. The molecule has 0 aliphatic carbocycles. The van der Waals surface area contributed by atoms with Gasteiger partial charge in [-0.1, -0.05) is 18.2 Å². The van der Waals surface area contributed by atoms with E-state index >= 15 is 0 Å². The number of aliphatic imine (C=N–C) groups is 1. The third-order valence-electron chi connectivity index (χ3n) is 4.79. The number of methoxy groups -OCH3 is 1. The van der Waals surface area contributed by atoms with Crippen molar-refractivity contribution in [3.05, 3.63) is 83.2 Å². The average molecular weight is 446 g/mol. The van der Waals surface area contributed by atoms with Crippen molar-refractivity contribution in [1.29, 1.82) is 0 Å². The van der Waals surface area contributed by atoms with Gasteiger partial charge in [0.05, 0.1) is 19.3 Å². The number of carbonyl (C=O) groups excluding carboxylic acids is 2. The first-order chi connectivity index (χ1) is 15.9. The van der Waals surface area contributed by atoms with E-state index < -0.39 is 0 Å². The van der Waals surface area contributed by atoms with E-state index in [2.05, 4.69) is 25.9 Å². The standard InChI is InChI=1S/C25H27N5O3/c1-16-7-10-23(33-4)22(12-16)29-25(27-15-19-6-5-11-26-14-19)30-24(32)20-9-8-17(2)21(13-20)28-18(3)31/h5-14H,15H2,1-4H3,(H,28,31)(H2,27,29,30,32). The molecule has 0 saturated carbocycles. The molecule has 3 rings (SSSR count). The summed E-state index contributed by atoms with van der Waals surface area (Å²) < 4.78 is 5.44. The summed E-state index contributed by atoms with van der Waals surface area (Å²) in [6.45, 7) is 5.56. The Morgan fingerprint density at radius 2 is 1.85 bits per heavy atom. The Balaban J connectivity index is 1.88. The van der Waals surface area contributed by atoms with Crippen LogP contribution < -0.4 is 20.7 Å². The number of guanidine groups is 1. The maximum atomic E-state index is 13.0. The molecule has 3 aromatic rings. The quantitative estimate of drug-likeness (QED) is 0.392. The second-order valence-corrected chi connectivity index (χ2v) is 7.52. The monoisotopic (exact) mass is 445 g/mol. The van der Waals surface area contributed by atoms with Gasteiger partial charge in [0.25, 0.3) is 5.91 Å². The van der Waals surface area contributed by atoms with E-state index in [-0.39, 0.29) is 17.8 Å². The van der Waals surface area contributed by atoms with Crippen molar-refractivity contribution in [2.75, 3.05) is 17.7 Å². The summed E-state index contributed by atoms with van der Waals surface area (Å²) in [6.07, 6.45) is 3.41. The zero-order valence-corrected chi connectivity index (χ0v) is 19.1. The lowest BCUT2D eigenvalue weighted by Crippen LogP contribution is -2.36. The molecule has 1 heterocycles. The molecule has 2 amide bonds. The van der Waals surface area contributed by atoms with Crippen LogP contribution in [-0.2, 0) is 11.3 Å². The first-order valence-electron chi connectivity index (χ1n) is 10.4. The Morgan fingerprint density at radius 1 is 1.03 bits per heavy atom. The molecular weight excluding hydrogens is 418 g/mol. The van der Waals surface area contributed by atoms with Gasteiger partial charge < -0.3 is 15.4 Å². The van der Waals surface area contributed by atoms with Crippen molar-refractivity contribution in [1.82, 2.24) is 10.3 Å². The van der Waals surface area contributed by atoms with Crippen LogP contribution in [0.1, 0.15) is 34.0 Å². The SMILES string of the molecule is COc1ccc(C)cc1NC(=NCc1cccnc1)NC(=O)c1ccc(C)c(NC(C)=O)c1. The minimum Gasteiger partial charge on any atom is -0.495 e. The van der Waals surface area contributed by atoms with Gasteiger partial charge in [-0.15, -0.1) is 0 Å². The number of rotatable bonds is 6. The lowest BCUT2D eigenvalue weighted by molar-refractivity contribution is -0.114. The van der Waals surface area contributed by atoms with Gasteiger partial charge in [-0.25, -0.2) is 4.99 Å². The summed E-state index contributed by atoms with van der Waals surface area (Å²) in [5, 5.41) is 8.75. The van der Waals surface area contributed by atoms with Crippen LogP contribution in [0.5, 0.6) is 5.75 Å². The highest BCUT2D eigenvalue weighted by Crippen LogP contribution is 2.25. The maximum absolute atomic E-state index is 13.0. The maximum Gasteiger partial charge on any atom is 0.258 e. The molecule has 0 fully saturated rings. The van der Waals surface area contributed by atoms with Crippen molar-refractivity contribution in [3.63, 3.8) is 0 Å². The largest absolute Gasteiger partial charge is 0.495 e. The van der Waals surface area contributed by atoms with Gasteiger partial charge in [0.2, 0.25) is 11.9 Å². The van der Waals surface area contributed by atoms with E-state index in [1.54, 1.807) is 37.7 Å². The van der Waals surface area contributed by atoms with Gasteiger partial charge in [-0.2, -0.15) is 0 Å². The highest BCUT2D eigenvalue weighted by molar-refractivity contribution is 6.10. The molecule has 170 valence electrons. The number of hydrogen-bond donors (Lipinski definition) is 3. The smallest absolute Gasteiger partial charge is 0.258 e. The molecule has 0 aliphatic rings. The summed E-state index contributed by atoms with van der Waals surface area (Å²) in [4.78, 5) is 33.2. The van der Waals surface area contributed by atoms with Crippen LogP contribution >= 0.6 is 0 Å². The number of aryl methyl sites for hydroxylation is 2. The van der Waals surface area contributed by atoms with E-state index in [9.17, 15) is 9.59 Å².